The van der Waals surface area contributed by atoms with Crippen LogP contribution in [0, 0.1) is 6.57 Å². The molecule has 4 rings (SSSR count). The van der Waals surface area contributed by atoms with Crippen LogP contribution in [0.5, 0.6) is 0 Å². The molecule has 0 radical (unpaired) electrons. The van der Waals surface area contributed by atoms with Crippen molar-refractivity contribution in [3.05, 3.63) is 65.1 Å². The fourth-order valence-corrected chi connectivity index (χ4v) is 3.21. The lowest BCUT2D eigenvalue weighted by atomic mass is 10.0. The molecule has 0 unspecified atom stereocenters. The van der Waals surface area contributed by atoms with Gasteiger partial charge >= 0.3 is 0 Å². The normalized spacial score (nSPS) is 11.9. The molecule has 0 aliphatic carbocycles. The second-order valence-electron chi connectivity index (χ2n) is 6.19. The Labute approximate surface area is 171 Å². The number of nitrogens with zero attached hydrogens (tertiary/aromatic N) is 7. The minimum Gasteiger partial charge on any atom is -0.392 e. The average Bonchev–Trinajstić information content (AvgIpc) is 3.11. The Morgan fingerprint density at radius 2 is 2.14 bits per heavy atom. The van der Waals surface area contributed by atoms with Crippen LogP contribution in [0.1, 0.15) is 24.9 Å². The predicted octanol–water partition coefficient (Wildman–Crippen LogP) is 3.93. The third-order valence-electron chi connectivity index (χ3n) is 4.45. The highest BCUT2D eigenvalue weighted by molar-refractivity contribution is 6.29. The van der Waals surface area contributed by atoms with E-state index in [0.717, 1.165) is 5.56 Å². The average molecular weight is 406 g/mol. The Hall–Kier alpha value is -3.77. The topological polar surface area (TPSA) is 111 Å². The highest BCUT2D eigenvalue weighted by Crippen LogP contribution is 2.34. The fourth-order valence-electron chi connectivity index (χ4n) is 3.04. The molecule has 0 aliphatic heterocycles. The van der Waals surface area contributed by atoms with Crippen LogP contribution in [0.3, 0.4) is 0 Å². The third-order valence-corrected chi connectivity index (χ3v) is 4.70. The van der Waals surface area contributed by atoms with Crippen LogP contribution in [0.15, 0.2) is 43.0 Å². The summed E-state index contributed by atoms with van der Waals surface area (Å²) in [5, 5.41) is 8.39. The Balaban J connectivity index is 1.87. The van der Waals surface area contributed by atoms with E-state index in [-0.39, 0.29) is 17.5 Å². The van der Waals surface area contributed by atoms with Gasteiger partial charge in [0.2, 0.25) is 0 Å². The number of pyridine rings is 1. The van der Waals surface area contributed by atoms with Gasteiger partial charge in [0.1, 0.15) is 23.7 Å². The van der Waals surface area contributed by atoms with Gasteiger partial charge in [0.25, 0.3) is 5.69 Å². The summed E-state index contributed by atoms with van der Waals surface area (Å²) in [6.45, 7) is 9.41. The largest absolute Gasteiger partial charge is 0.392 e. The SMILES string of the molecule is [C-]#[N+]c1c(N)ncnc1N[C@H](CC)c1cc2ncc(Cl)n2nc1-c1ccccn1. The van der Waals surface area contributed by atoms with Crippen LogP contribution in [0.2, 0.25) is 5.15 Å². The predicted molar refractivity (Wildman–Crippen MR) is 111 cm³/mol. The van der Waals surface area contributed by atoms with Gasteiger partial charge in [0.05, 0.1) is 24.5 Å². The van der Waals surface area contributed by atoms with E-state index in [0.29, 0.717) is 34.4 Å². The van der Waals surface area contributed by atoms with Crippen LogP contribution in [0.4, 0.5) is 17.3 Å². The summed E-state index contributed by atoms with van der Waals surface area (Å²) >= 11 is 6.22. The summed E-state index contributed by atoms with van der Waals surface area (Å²) in [6.07, 6.45) is 5.27. The highest BCUT2D eigenvalue weighted by atomic mass is 35.5. The van der Waals surface area contributed by atoms with Gasteiger partial charge in [-0.1, -0.05) is 24.6 Å². The number of nitrogens with two attached hydrogens (primary N) is 1. The van der Waals surface area contributed by atoms with Crippen LogP contribution in [-0.4, -0.2) is 29.5 Å². The van der Waals surface area contributed by atoms with Crippen molar-refractivity contribution in [3.63, 3.8) is 0 Å². The van der Waals surface area contributed by atoms with Gasteiger partial charge in [-0.2, -0.15) is 5.10 Å². The van der Waals surface area contributed by atoms with E-state index in [1.54, 1.807) is 16.9 Å². The van der Waals surface area contributed by atoms with Crippen LogP contribution < -0.4 is 11.1 Å². The summed E-state index contributed by atoms with van der Waals surface area (Å²) < 4.78 is 1.56. The standard InChI is InChI=1S/C19H16ClN9/c1-3-12(27-19-17(22-2)18(21)25-10-26-19)11-8-15-24-9-14(20)29(15)28-16(11)13-6-4-5-7-23-13/h4-10,12H,3H2,1H3,(H3,21,25,26,27)/t12-/m1/s1. The van der Waals surface area contributed by atoms with E-state index in [9.17, 15) is 0 Å². The summed E-state index contributed by atoms with van der Waals surface area (Å²) in [5.41, 5.74) is 8.83. The molecule has 4 aromatic rings. The Bertz CT molecular complexity index is 1210. The number of halogens is 1. The van der Waals surface area contributed by atoms with Crippen molar-refractivity contribution in [3.8, 4) is 11.4 Å². The maximum atomic E-state index is 7.39. The molecular formula is C19H16ClN9. The number of rotatable bonds is 5. The molecule has 0 aromatic carbocycles. The van der Waals surface area contributed by atoms with Crippen molar-refractivity contribution in [1.82, 2.24) is 29.5 Å². The van der Waals surface area contributed by atoms with Crippen molar-refractivity contribution in [2.75, 3.05) is 11.1 Å². The molecular weight excluding hydrogens is 390 g/mol. The third kappa shape index (κ3) is 3.41. The van der Waals surface area contributed by atoms with E-state index < -0.39 is 0 Å². The van der Waals surface area contributed by atoms with Crippen molar-refractivity contribution in [2.24, 2.45) is 0 Å². The first kappa shape index (κ1) is 18.6. The van der Waals surface area contributed by atoms with Gasteiger partial charge in [0, 0.05) is 11.8 Å². The maximum Gasteiger partial charge on any atom is 0.268 e. The molecule has 0 fully saturated rings. The van der Waals surface area contributed by atoms with E-state index in [1.807, 2.05) is 31.2 Å². The lowest BCUT2D eigenvalue weighted by Gasteiger charge is -2.21. The molecule has 0 spiro atoms. The smallest absolute Gasteiger partial charge is 0.268 e. The molecule has 4 heterocycles. The summed E-state index contributed by atoms with van der Waals surface area (Å²) in [6, 6.07) is 7.29. The van der Waals surface area contributed by atoms with Gasteiger partial charge in [-0.25, -0.2) is 24.3 Å². The van der Waals surface area contributed by atoms with E-state index >= 15 is 0 Å². The summed E-state index contributed by atoms with van der Waals surface area (Å²) in [5.74, 6) is 0.499. The number of nitrogens with one attached hydrogen (secondary N) is 1. The van der Waals surface area contributed by atoms with Gasteiger partial charge in [-0.3, -0.25) is 4.98 Å². The van der Waals surface area contributed by atoms with Crippen molar-refractivity contribution >= 4 is 34.6 Å². The van der Waals surface area contributed by atoms with Crippen molar-refractivity contribution < 1.29 is 0 Å². The molecule has 1 atom stereocenters. The number of hydrogen-bond donors (Lipinski definition) is 2. The molecule has 3 N–H and O–H groups in total. The molecule has 9 nitrogen and oxygen atoms in total. The van der Waals surface area contributed by atoms with Crippen LogP contribution >= 0.6 is 11.6 Å². The quantitative estimate of drug-likeness (QED) is 0.484. The number of hydrogen-bond acceptors (Lipinski definition) is 7. The van der Waals surface area contributed by atoms with Gasteiger partial charge in [-0.15, -0.1) is 0 Å². The van der Waals surface area contributed by atoms with Gasteiger partial charge < -0.3 is 11.1 Å². The zero-order valence-corrected chi connectivity index (χ0v) is 16.2. The number of aromatic nitrogens is 6. The van der Waals surface area contributed by atoms with Crippen molar-refractivity contribution in [2.45, 2.75) is 19.4 Å². The molecule has 0 saturated heterocycles. The highest BCUT2D eigenvalue weighted by Gasteiger charge is 2.22. The molecule has 0 bridgehead atoms. The molecule has 0 saturated carbocycles. The monoisotopic (exact) mass is 405 g/mol. The first-order chi connectivity index (χ1) is 14.1. The Morgan fingerprint density at radius 3 is 2.86 bits per heavy atom. The lowest BCUT2D eigenvalue weighted by molar-refractivity contribution is 0.735. The maximum absolute atomic E-state index is 7.39. The minimum atomic E-state index is -0.227. The number of nitrogen functional groups attached to an aromatic ring is 1. The van der Waals surface area contributed by atoms with Gasteiger partial charge in [0.15, 0.2) is 10.8 Å². The minimum absolute atomic E-state index is 0.130. The molecule has 0 aliphatic rings. The van der Waals surface area contributed by atoms with E-state index in [2.05, 4.69) is 35.2 Å². The van der Waals surface area contributed by atoms with E-state index in [4.69, 9.17) is 23.9 Å². The summed E-state index contributed by atoms with van der Waals surface area (Å²) in [4.78, 5) is 20.3. The van der Waals surface area contributed by atoms with Crippen molar-refractivity contribution in [1.29, 1.82) is 0 Å². The van der Waals surface area contributed by atoms with E-state index in [1.165, 1.54) is 6.33 Å². The lowest BCUT2D eigenvalue weighted by Crippen LogP contribution is -2.15. The fraction of sp³-hybridized carbons (Fsp3) is 0.158. The molecule has 0 amide bonds. The molecule has 10 heteroatoms. The number of anilines is 2. The molecule has 144 valence electrons. The Kier molecular flexibility index (Phi) is 4.93. The zero-order chi connectivity index (χ0) is 20.4. The zero-order valence-electron chi connectivity index (χ0n) is 15.4. The number of imidazole rings is 1. The van der Waals surface area contributed by atoms with Crippen LogP contribution in [-0.2, 0) is 0 Å². The second kappa shape index (κ2) is 7.69. The molecule has 29 heavy (non-hydrogen) atoms. The van der Waals surface area contributed by atoms with Gasteiger partial charge in [-0.05, 0) is 24.6 Å². The van der Waals surface area contributed by atoms with Crippen LogP contribution in [0.25, 0.3) is 21.9 Å². The second-order valence-corrected chi connectivity index (χ2v) is 6.57. The number of fused-ring (bicyclic) bond motifs is 1. The summed E-state index contributed by atoms with van der Waals surface area (Å²) in [7, 11) is 0. The Morgan fingerprint density at radius 1 is 1.28 bits per heavy atom. The first-order valence-corrected chi connectivity index (χ1v) is 9.20. The molecule has 4 aromatic heterocycles. The first-order valence-electron chi connectivity index (χ1n) is 8.82.